The first kappa shape index (κ1) is 38.3. The van der Waals surface area contributed by atoms with Gasteiger partial charge in [-0.3, -0.25) is 29.2 Å². The third kappa shape index (κ3) is 13.5. The van der Waals surface area contributed by atoms with Gasteiger partial charge < -0.3 is 54.1 Å². The maximum atomic E-state index is 13.1. The van der Waals surface area contributed by atoms with Crippen molar-refractivity contribution in [3.05, 3.63) is 18.6 Å². The van der Waals surface area contributed by atoms with Crippen LogP contribution in [-0.2, 0) is 19.2 Å². The van der Waals surface area contributed by atoms with Gasteiger partial charge in [0.2, 0.25) is 23.6 Å². The van der Waals surface area contributed by atoms with E-state index in [1.165, 1.54) is 0 Å². The van der Waals surface area contributed by atoms with Crippen LogP contribution in [0.5, 0.6) is 0 Å². The quantitative estimate of drug-likeness (QED) is 0.0443. The van der Waals surface area contributed by atoms with E-state index < -0.39 is 23.9 Å². The maximum Gasteiger partial charge on any atom is 0.243 e. The Morgan fingerprint density at radius 2 is 1.39 bits per heavy atom. The number of piperazine rings is 1. The van der Waals surface area contributed by atoms with E-state index in [0.717, 1.165) is 55.6 Å². The molecule has 13 N–H and O–H groups in total. The normalized spacial score (nSPS) is 14.1. The van der Waals surface area contributed by atoms with Crippen LogP contribution in [-0.4, -0.2) is 107 Å². The third-order valence-electron chi connectivity index (χ3n) is 8.26. The fourth-order valence-electron chi connectivity index (χ4n) is 5.63. The smallest absolute Gasteiger partial charge is 0.243 e. The van der Waals surface area contributed by atoms with Crippen LogP contribution >= 0.6 is 0 Å². The summed E-state index contributed by atoms with van der Waals surface area (Å²) in [6.45, 7) is 3.29. The summed E-state index contributed by atoms with van der Waals surface area (Å²) in [5.41, 5.74) is 27.7. The van der Waals surface area contributed by atoms with Gasteiger partial charge in [0.15, 0.2) is 11.9 Å². The maximum absolute atomic E-state index is 13.1. The van der Waals surface area contributed by atoms with Crippen molar-refractivity contribution in [1.29, 1.82) is 0 Å². The Hall–Kier alpha value is -5.16. The van der Waals surface area contributed by atoms with Crippen molar-refractivity contribution in [2.24, 2.45) is 38.7 Å². The molecule has 18 heteroatoms. The number of aliphatic imine (C=N–C) groups is 2. The van der Waals surface area contributed by atoms with E-state index in [2.05, 4.69) is 40.5 Å². The zero-order chi connectivity index (χ0) is 35.6. The minimum atomic E-state index is -0.948. The number of carbonyl (C=O) groups excluding carboxylic acids is 4. The standard InChI is InChI=1S/C31H52N14O4/c32-26(48)22(8-6-13-38-30(33)34)43-29(49)23(9-7-14-39-31(35)36)42-24(46)10-4-2-1-3-5-11-25(47)44-16-18-45(19-17-44)28-21-12-15-37-27(21)40-20-41-28/h12,15,20,22-23H,1-11,13-14,16-19H2,(H2,32,48)(H,42,46)(H,43,49)(H4,33,34,38)(H4,35,36,39)(H,37,40,41)/t22-,23-/m1/s1. The highest BCUT2D eigenvalue weighted by Gasteiger charge is 2.26. The second-order valence-electron chi connectivity index (χ2n) is 12.1. The monoisotopic (exact) mass is 684 g/mol. The number of primary amides is 1. The predicted molar refractivity (Wildman–Crippen MR) is 188 cm³/mol. The predicted octanol–water partition coefficient (Wildman–Crippen LogP) is -1.10. The third-order valence-corrected chi connectivity index (χ3v) is 8.26. The molecule has 1 fully saturated rings. The zero-order valence-electron chi connectivity index (χ0n) is 28.1. The molecule has 0 saturated carbocycles. The zero-order valence-corrected chi connectivity index (χ0v) is 28.1. The molecule has 1 saturated heterocycles. The van der Waals surface area contributed by atoms with E-state index in [1.807, 2.05) is 17.2 Å². The molecule has 1 aliphatic heterocycles. The van der Waals surface area contributed by atoms with E-state index in [-0.39, 0.29) is 56.1 Å². The highest BCUT2D eigenvalue weighted by molar-refractivity contribution is 5.91. The first-order chi connectivity index (χ1) is 23.5. The summed E-state index contributed by atoms with van der Waals surface area (Å²) in [5.74, 6) is -0.605. The summed E-state index contributed by atoms with van der Waals surface area (Å²) >= 11 is 0. The summed E-state index contributed by atoms with van der Waals surface area (Å²) in [6, 6.07) is 0.120. The summed E-state index contributed by atoms with van der Waals surface area (Å²) in [6.07, 6.45) is 9.47. The van der Waals surface area contributed by atoms with Crippen LogP contribution in [0.2, 0.25) is 0 Å². The molecule has 4 amide bonds. The van der Waals surface area contributed by atoms with Gasteiger partial charge in [0.25, 0.3) is 0 Å². The van der Waals surface area contributed by atoms with Crippen molar-refractivity contribution < 1.29 is 19.2 Å². The van der Waals surface area contributed by atoms with Gasteiger partial charge in [0.1, 0.15) is 29.9 Å². The molecule has 2 aromatic heterocycles. The Balaban J connectivity index is 1.34. The van der Waals surface area contributed by atoms with E-state index in [4.69, 9.17) is 28.7 Å². The van der Waals surface area contributed by atoms with Crippen LogP contribution in [0.3, 0.4) is 0 Å². The Labute approximate surface area is 286 Å². The number of guanidine groups is 2. The van der Waals surface area contributed by atoms with E-state index in [9.17, 15) is 19.2 Å². The second kappa shape index (κ2) is 20.3. The van der Waals surface area contributed by atoms with Gasteiger partial charge in [-0.25, -0.2) is 9.97 Å². The number of aromatic amines is 1. The van der Waals surface area contributed by atoms with Crippen molar-refractivity contribution in [3.8, 4) is 0 Å². The number of amides is 4. The molecule has 18 nitrogen and oxygen atoms in total. The first-order valence-corrected chi connectivity index (χ1v) is 16.9. The number of rotatable bonds is 21. The summed E-state index contributed by atoms with van der Waals surface area (Å²) in [5, 5.41) is 6.39. The Kier molecular flexibility index (Phi) is 15.8. The number of hydrogen-bond donors (Lipinski definition) is 8. The fourth-order valence-corrected chi connectivity index (χ4v) is 5.63. The summed E-state index contributed by atoms with van der Waals surface area (Å²) in [4.78, 5) is 74.3. The molecule has 0 spiro atoms. The SMILES string of the molecule is NC(=O)[C@@H](CCCN=C(N)N)NC(=O)[C@@H](CCCN=C(N)N)NC(=O)CCCCCCCC(=O)N1CCN(c2ncnc3[nH]ccc23)CC1. The summed E-state index contributed by atoms with van der Waals surface area (Å²) < 4.78 is 0. The van der Waals surface area contributed by atoms with E-state index in [0.29, 0.717) is 38.8 Å². The van der Waals surface area contributed by atoms with Crippen LogP contribution in [0, 0.1) is 0 Å². The largest absolute Gasteiger partial charge is 0.370 e. The average Bonchev–Trinajstić information content (AvgIpc) is 3.56. The molecule has 0 bridgehead atoms. The number of nitrogens with two attached hydrogens (primary N) is 5. The minimum Gasteiger partial charge on any atom is -0.370 e. The number of carbonyl (C=O) groups is 4. The number of fused-ring (bicyclic) bond motifs is 1. The molecular weight excluding hydrogens is 632 g/mol. The highest BCUT2D eigenvalue weighted by atomic mass is 16.2. The van der Waals surface area contributed by atoms with Gasteiger partial charge in [0, 0.05) is 58.3 Å². The molecule has 49 heavy (non-hydrogen) atoms. The van der Waals surface area contributed by atoms with Gasteiger partial charge in [-0.2, -0.15) is 0 Å². The van der Waals surface area contributed by atoms with Crippen molar-refractivity contribution in [1.82, 2.24) is 30.5 Å². The average molecular weight is 685 g/mol. The van der Waals surface area contributed by atoms with Crippen molar-refractivity contribution in [2.45, 2.75) is 82.7 Å². The number of hydrogen-bond acceptors (Lipinski definition) is 9. The fraction of sp³-hybridized carbons (Fsp3) is 0.613. The van der Waals surface area contributed by atoms with Crippen molar-refractivity contribution in [3.63, 3.8) is 0 Å². The molecule has 2 aromatic rings. The molecule has 1 aliphatic rings. The lowest BCUT2D eigenvalue weighted by Crippen LogP contribution is -2.53. The number of nitrogens with one attached hydrogen (secondary N) is 3. The summed E-state index contributed by atoms with van der Waals surface area (Å²) in [7, 11) is 0. The number of nitrogens with zero attached hydrogens (tertiary/aromatic N) is 6. The van der Waals surface area contributed by atoms with Crippen LogP contribution in [0.15, 0.2) is 28.6 Å². The molecule has 3 heterocycles. The Morgan fingerprint density at radius 1 is 0.776 bits per heavy atom. The van der Waals surface area contributed by atoms with Crippen LogP contribution in [0.4, 0.5) is 5.82 Å². The molecule has 0 radical (unpaired) electrons. The van der Waals surface area contributed by atoms with Gasteiger partial charge in [0.05, 0.1) is 5.39 Å². The number of aromatic nitrogens is 3. The second-order valence-corrected chi connectivity index (χ2v) is 12.1. The lowest BCUT2D eigenvalue weighted by Gasteiger charge is -2.35. The first-order valence-electron chi connectivity index (χ1n) is 16.9. The topological polar surface area (TPSA) is 295 Å². The van der Waals surface area contributed by atoms with Crippen LogP contribution in [0.1, 0.15) is 70.6 Å². The minimum absolute atomic E-state index is 0.0694. The number of anilines is 1. The Bertz CT molecular complexity index is 1430. The van der Waals surface area contributed by atoms with Crippen LogP contribution in [0.25, 0.3) is 11.0 Å². The molecule has 3 rings (SSSR count). The molecule has 0 aromatic carbocycles. The van der Waals surface area contributed by atoms with Crippen molar-refractivity contribution >= 4 is 52.4 Å². The van der Waals surface area contributed by atoms with E-state index >= 15 is 0 Å². The molecule has 0 aliphatic carbocycles. The molecular formula is C31H52N14O4. The molecule has 2 atom stereocenters. The van der Waals surface area contributed by atoms with Gasteiger partial charge in [-0.1, -0.05) is 19.3 Å². The number of unbranched alkanes of at least 4 members (excludes halogenated alkanes) is 4. The molecule has 0 unspecified atom stereocenters. The Morgan fingerprint density at radius 3 is 2.02 bits per heavy atom. The number of H-pyrrole nitrogens is 1. The van der Waals surface area contributed by atoms with Gasteiger partial charge in [-0.15, -0.1) is 0 Å². The van der Waals surface area contributed by atoms with E-state index in [1.54, 1.807) is 6.33 Å². The van der Waals surface area contributed by atoms with Gasteiger partial charge in [-0.05, 0) is 44.6 Å². The lowest BCUT2D eigenvalue weighted by molar-refractivity contribution is -0.131. The lowest BCUT2D eigenvalue weighted by atomic mass is 10.1. The van der Waals surface area contributed by atoms with Gasteiger partial charge >= 0.3 is 0 Å². The molecule has 270 valence electrons. The van der Waals surface area contributed by atoms with Crippen LogP contribution < -0.4 is 44.2 Å². The highest BCUT2D eigenvalue weighted by Crippen LogP contribution is 2.23. The van der Waals surface area contributed by atoms with Crippen molar-refractivity contribution in [2.75, 3.05) is 44.2 Å².